The van der Waals surface area contributed by atoms with E-state index in [2.05, 4.69) is 5.48 Å². The number of likely N-dealkylation sites (tertiary alicyclic amines) is 1. The Labute approximate surface area is 170 Å². The second-order valence-corrected chi connectivity index (χ2v) is 7.48. The van der Waals surface area contributed by atoms with E-state index in [4.69, 9.17) is 16.4 Å². The van der Waals surface area contributed by atoms with E-state index in [1.807, 2.05) is 50.2 Å². The van der Waals surface area contributed by atoms with Gasteiger partial charge in [0.05, 0.1) is 0 Å². The lowest BCUT2D eigenvalue weighted by Crippen LogP contribution is -2.48. The molecule has 2 aromatic rings. The third-order valence-corrected chi connectivity index (χ3v) is 5.51. The number of halogens is 1. The minimum atomic E-state index is -0.469. The number of nitrogens with one attached hydrogen (secondary N) is 1. The van der Waals surface area contributed by atoms with Gasteiger partial charge in [-0.15, -0.1) is 0 Å². The molecule has 148 valence electrons. The summed E-state index contributed by atoms with van der Waals surface area (Å²) in [6.07, 6.45) is 2.24. The minimum Gasteiger partial charge on any atom is -0.379 e. The number of benzene rings is 2. The second kappa shape index (κ2) is 9.11. The van der Waals surface area contributed by atoms with Crippen molar-refractivity contribution in [2.45, 2.75) is 39.2 Å². The zero-order valence-electron chi connectivity index (χ0n) is 16.2. The Kier molecular flexibility index (Phi) is 6.57. The predicted molar refractivity (Wildman–Crippen MR) is 110 cm³/mol. The minimum absolute atomic E-state index is 0.0317. The van der Waals surface area contributed by atoms with E-state index < -0.39 is 6.04 Å². The fourth-order valence-corrected chi connectivity index (χ4v) is 3.58. The smallest absolute Gasteiger partial charge is 0.275 e. The van der Waals surface area contributed by atoms with Gasteiger partial charge in [-0.1, -0.05) is 55.8 Å². The largest absolute Gasteiger partial charge is 0.379 e. The first kappa shape index (κ1) is 20.2. The number of hydroxylamine groups is 1. The van der Waals surface area contributed by atoms with Crippen molar-refractivity contribution in [1.82, 2.24) is 10.4 Å². The van der Waals surface area contributed by atoms with E-state index in [1.54, 1.807) is 17.0 Å². The topological polar surface area (TPSA) is 58.6 Å². The predicted octanol–water partition coefficient (Wildman–Crippen LogP) is 4.45. The van der Waals surface area contributed by atoms with E-state index in [0.29, 0.717) is 23.7 Å². The van der Waals surface area contributed by atoms with Crippen molar-refractivity contribution in [1.29, 1.82) is 0 Å². The van der Waals surface area contributed by atoms with Crippen LogP contribution in [-0.4, -0.2) is 29.3 Å². The first-order valence-electron chi connectivity index (χ1n) is 9.63. The fraction of sp³-hybridized carbons (Fsp3) is 0.364. The quantitative estimate of drug-likeness (QED) is 0.728. The van der Waals surface area contributed by atoms with Crippen LogP contribution in [0, 0.1) is 5.92 Å². The molecule has 1 saturated heterocycles. The van der Waals surface area contributed by atoms with Crippen LogP contribution in [0.15, 0.2) is 48.5 Å². The molecule has 0 saturated carbocycles. The van der Waals surface area contributed by atoms with Crippen LogP contribution in [0.2, 0.25) is 5.02 Å². The van der Waals surface area contributed by atoms with Gasteiger partial charge < -0.3 is 9.74 Å². The van der Waals surface area contributed by atoms with Crippen molar-refractivity contribution in [3.63, 3.8) is 0 Å². The molecule has 2 amide bonds. The summed E-state index contributed by atoms with van der Waals surface area (Å²) < 4.78 is 0. The first-order chi connectivity index (χ1) is 13.5. The molecule has 1 N–H and O–H groups in total. The number of hydrogen-bond donors (Lipinski definition) is 1. The standard InChI is InChI=1S/C22H25ClN2O3/c1-3-15(2)22(27)25-14-6-9-20(25)21(26)24-28-17-12-10-16(11-13-17)18-7-4-5-8-19(18)23/h4-5,7-8,10-13,15,20H,3,6,9,14H2,1-2H3,(H,24,26). The lowest BCUT2D eigenvalue weighted by Gasteiger charge is -2.26. The molecule has 6 heteroatoms. The first-order valence-corrected chi connectivity index (χ1v) is 10.0. The van der Waals surface area contributed by atoms with Crippen LogP contribution in [-0.2, 0) is 9.59 Å². The highest BCUT2D eigenvalue weighted by Crippen LogP contribution is 2.28. The Morgan fingerprint density at radius 1 is 1.21 bits per heavy atom. The molecular formula is C22H25ClN2O3. The van der Waals surface area contributed by atoms with Crippen molar-refractivity contribution in [3.8, 4) is 16.9 Å². The van der Waals surface area contributed by atoms with Crippen molar-refractivity contribution in [3.05, 3.63) is 53.6 Å². The summed E-state index contributed by atoms with van der Waals surface area (Å²) >= 11 is 6.23. The summed E-state index contributed by atoms with van der Waals surface area (Å²) in [7, 11) is 0. The van der Waals surface area contributed by atoms with E-state index in [1.165, 1.54) is 0 Å². The summed E-state index contributed by atoms with van der Waals surface area (Å²) in [5, 5.41) is 0.678. The van der Waals surface area contributed by atoms with Crippen molar-refractivity contribution in [2.24, 2.45) is 5.92 Å². The number of carbonyl (C=O) groups is 2. The van der Waals surface area contributed by atoms with E-state index >= 15 is 0 Å². The number of nitrogens with zero attached hydrogens (tertiary/aromatic N) is 1. The summed E-state index contributed by atoms with van der Waals surface area (Å²) in [4.78, 5) is 32.1. The van der Waals surface area contributed by atoms with Crippen molar-refractivity contribution < 1.29 is 14.4 Å². The van der Waals surface area contributed by atoms with Gasteiger partial charge in [0.1, 0.15) is 6.04 Å². The Morgan fingerprint density at radius 3 is 2.61 bits per heavy atom. The van der Waals surface area contributed by atoms with E-state index in [-0.39, 0.29) is 17.7 Å². The highest BCUT2D eigenvalue weighted by Gasteiger charge is 2.35. The van der Waals surface area contributed by atoms with Crippen LogP contribution in [0.1, 0.15) is 33.1 Å². The molecule has 1 aliphatic rings. The SMILES string of the molecule is CCC(C)C(=O)N1CCCC1C(=O)NOc1ccc(-c2ccccc2Cl)cc1. The molecule has 1 fully saturated rings. The summed E-state index contributed by atoms with van der Waals surface area (Å²) in [5.41, 5.74) is 4.39. The highest BCUT2D eigenvalue weighted by molar-refractivity contribution is 6.33. The Morgan fingerprint density at radius 2 is 1.93 bits per heavy atom. The van der Waals surface area contributed by atoms with Gasteiger partial charge in [0, 0.05) is 23.0 Å². The number of carbonyl (C=O) groups excluding carboxylic acids is 2. The lowest BCUT2D eigenvalue weighted by atomic mass is 10.1. The third kappa shape index (κ3) is 4.47. The van der Waals surface area contributed by atoms with Gasteiger partial charge in [0.2, 0.25) is 5.91 Å². The van der Waals surface area contributed by atoms with Gasteiger partial charge >= 0.3 is 0 Å². The van der Waals surface area contributed by atoms with Gasteiger partial charge in [-0.25, -0.2) is 0 Å². The van der Waals surface area contributed by atoms with E-state index in [0.717, 1.165) is 24.0 Å². The number of rotatable bonds is 6. The van der Waals surface area contributed by atoms with Crippen molar-refractivity contribution >= 4 is 23.4 Å². The maximum atomic E-state index is 12.5. The van der Waals surface area contributed by atoms with Crippen LogP contribution in [0.4, 0.5) is 0 Å². The molecule has 1 heterocycles. The maximum absolute atomic E-state index is 12.5. The number of amides is 2. The van der Waals surface area contributed by atoms with Gasteiger partial charge in [-0.05, 0) is 43.0 Å². The average molecular weight is 401 g/mol. The molecule has 5 nitrogen and oxygen atoms in total. The highest BCUT2D eigenvalue weighted by atomic mass is 35.5. The maximum Gasteiger partial charge on any atom is 0.275 e. The zero-order valence-corrected chi connectivity index (χ0v) is 16.9. The molecule has 0 aromatic heterocycles. The van der Waals surface area contributed by atoms with Crippen LogP contribution in [0.5, 0.6) is 5.75 Å². The molecular weight excluding hydrogens is 376 g/mol. The number of hydrogen-bond acceptors (Lipinski definition) is 3. The summed E-state index contributed by atoms with van der Waals surface area (Å²) in [6, 6.07) is 14.5. The van der Waals surface area contributed by atoms with Gasteiger partial charge in [-0.3, -0.25) is 9.59 Å². The van der Waals surface area contributed by atoms with Crippen molar-refractivity contribution in [2.75, 3.05) is 6.54 Å². The molecule has 0 aliphatic carbocycles. The average Bonchev–Trinajstić information content (AvgIpc) is 3.21. The van der Waals surface area contributed by atoms with Gasteiger partial charge in [0.25, 0.3) is 5.91 Å². The Balaban J connectivity index is 1.60. The van der Waals surface area contributed by atoms with Gasteiger partial charge in [-0.2, -0.15) is 5.48 Å². The van der Waals surface area contributed by atoms with Crippen LogP contribution in [0.25, 0.3) is 11.1 Å². The zero-order chi connectivity index (χ0) is 20.1. The molecule has 0 spiro atoms. The van der Waals surface area contributed by atoms with Gasteiger partial charge in [0.15, 0.2) is 5.75 Å². The molecule has 2 atom stereocenters. The Bertz CT molecular complexity index is 838. The monoisotopic (exact) mass is 400 g/mol. The normalized spacial score (nSPS) is 17.2. The summed E-state index contributed by atoms with van der Waals surface area (Å²) in [5.74, 6) is 0.183. The lowest BCUT2D eigenvalue weighted by molar-refractivity contribution is -0.143. The summed E-state index contributed by atoms with van der Waals surface area (Å²) in [6.45, 7) is 4.49. The molecule has 3 rings (SSSR count). The molecule has 0 bridgehead atoms. The third-order valence-electron chi connectivity index (χ3n) is 5.18. The molecule has 0 radical (unpaired) electrons. The van der Waals surface area contributed by atoms with Crippen LogP contribution >= 0.6 is 11.6 Å². The fourth-order valence-electron chi connectivity index (χ4n) is 3.34. The van der Waals surface area contributed by atoms with Crippen LogP contribution in [0.3, 0.4) is 0 Å². The van der Waals surface area contributed by atoms with E-state index in [9.17, 15) is 9.59 Å². The second-order valence-electron chi connectivity index (χ2n) is 7.07. The van der Waals surface area contributed by atoms with Crippen LogP contribution < -0.4 is 10.3 Å². The molecule has 2 aromatic carbocycles. The Hall–Kier alpha value is -2.53. The molecule has 1 aliphatic heterocycles. The molecule has 28 heavy (non-hydrogen) atoms. The molecule has 2 unspecified atom stereocenters.